The molecule has 26 heavy (non-hydrogen) atoms. The lowest BCUT2D eigenvalue weighted by Crippen LogP contribution is -2.22. The molecule has 1 aromatic carbocycles. The van der Waals surface area contributed by atoms with Gasteiger partial charge in [0.25, 0.3) is 5.91 Å². The van der Waals surface area contributed by atoms with Gasteiger partial charge in [-0.3, -0.25) is 9.20 Å². The number of aryl methyl sites for hydroxylation is 1. The first kappa shape index (κ1) is 17.9. The lowest BCUT2D eigenvalue weighted by molar-refractivity contribution is 0.0948. The van der Waals surface area contributed by atoms with Crippen molar-refractivity contribution in [2.24, 2.45) is 5.10 Å². The van der Waals surface area contributed by atoms with E-state index in [2.05, 4.69) is 48.4 Å². The van der Waals surface area contributed by atoms with Gasteiger partial charge in [-0.05, 0) is 42.5 Å². The summed E-state index contributed by atoms with van der Waals surface area (Å²) in [5, 5.41) is 4.27. The summed E-state index contributed by atoms with van der Waals surface area (Å²) in [5.41, 5.74) is 7.68. The second-order valence-electron chi connectivity index (χ2n) is 7.44. The average Bonchev–Trinajstić information content (AvgIpc) is 2.94. The van der Waals surface area contributed by atoms with Crippen LogP contribution in [0.2, 0.25) is 0 Å². The van der Waals surface area contributed by atoms with Crippen molar-refractivity contribution in [3.63, 3.8) is 0 Å². The third-order valence-corrected chi connectivity index (χ3v) is 4.41. The Morgan fingerprint density at radius 3 is 2.46 bits per heavy atom. The quantitative estimate of drug-likeness (QED) is 0.572. The van der Waals surface area contributed by atoms with Crippen LogP contribution in [-0.2, 0) is 5.41 Å². The number of benzene rings is 1. The molecule has 3 aromatic rings. The first-order valence-electron chi connectivity index (χ1n) is 8.66. The Hall–Kier alpha value is -2.95. The second kappa shape index (κ2) is 6.75. The molecule has 0 spiro atoms. The molecule has 5 nitrogen and oxygen atoms in total. The number of nitrogens with zero attached hydrogens (tertiary/aromatic N) is 3. The number of hydrogen-bond donors (Lipinski definition) is 1. The van der Waals surface area contributed by atoms with Crippen molar-refractivity contribution in [2.45, 2.75) is 40.0 Å². The van der Waals surface area contributed by atoms with Crippen molar-refractivity contribution in [3.05, 3.63) is 71.2 Å². The topological polar surface area (TPSA) is 58.8 Å². The van der Waals surface area contributed by atoms with Crippen LogP contribution in [0, 0.1) is 6.92 Å². The highest BCUT2D eigenvalue weighted by atomic mass is 16.2. The van der Waals surface area contributed by atoms with E-state index in [4.69, 9.17) is 0 Å². The number of nitrogens with one attached hydrogen (secondary N) is 1. The summed E-state index contributed by atoms with van der Waals surface area (Å²) in [6.07, 6.45) is 1.83. The minimum atomic E-state index is -0.271. The zero-order chi connectivity index (χ0) is 18.9. The van der Waals surface area contributed by atoms with Crippen LogP contribution in [-0.4, -0.2) is 21.0 Å². The van der Waals surface area contributed by atoms with Gasteiger partial charge in [0.2, 0.25) is 0 Å². The van der Waals surface area contributed by atoms with Crippen LogP contribution < -0.4 is 5.43 Å². The van der Waals surface area contributed by atoms with E-state index in [1.165, 1.54) is 5.56 Å². The Bertz CT molecular complexity index is 975. The molecule has 0 fully saturated rings. The number of carbonyl (C=O) groups excluding carboxylic acids is 1. The van der Waals surface area contributed by atoms with E-state index in [9.17, 15) is 4.79 Å². The van der Waals surface area contributed by atoms with Crippen LogP contribution in [0.1, 0.15) is 55.0 Å². The van der Waals surface area contributed by atoms with Crippen LogP contribution in [0.4, 0.5) is 0 Å². The van der Waals surface area contributed by atoms with Crippen LogP contribution >= 0.6 is 0 Å². The first-order valence-corrected chi connectivity index (χ1v) is 8.66. The van der Waals surface area contributed by atoms with Gasteiger partial charge < -0.3 is 0 Å². The highest BCUT2D eigenvalue weighted by Gasteiger charge is 2.16. The number of imidazole rings is 1. The highest BCUT2D eigenvalue weighted by Crippen LogP contribution is 2.22. The number of carbonyl (C=O) groups is 1. The molecule has 2 aromatic heterocycles. The number of hydrogen-bond acceptors (Lipinski definition) is 3. The molecule has 134 valence electrons. The zero-order valence-electron chi connectivity index (χ0n) is 15.9. The van der Waals surface area contributed by atoms with E-state index >= 15 is 0 Å². The minimum absolute atomic E-state index is 0.110. The summed E-state index contributed by atoms with van der Waals surface area (Å²) in [7, 11) is 0. The Labute approximate surface area is 153 Å². The summed E-state index contributed by atoms with van der Waals surface area (Å²) in [6, 6.07) is 13.9. The van der Waals surface area contributed by atoms with Crippen LogP contribution in [0.25, 0.3) is 5.65 Å². The molecule has 1 amide bonds. The van der Waals surface area contributed by atoms with Crippen LogP contribution in [0.3, 0.4) is 0 Å². The van der Waals surface area contributed by atoms with Gasteiger partial charge in [-0.15, -0.1) is 0 Å². The molecule has 0 bridgehead atoms. The van der Waals surface area contributed by atoms with Gasteiger partial charge in [0.1, 0.15) is 11.3 Å². The molecule has 0 unspecified atom stereocenters. The number of rotatable bonds is 3. The number of fused-ring (bicyclic) bond motifs is 1. The first-order chi connectivity index (χ1) is 12.3. The van der Waals surface area contributed by atoms with Gasteiger partial charge in [0.15, 0.2) is 0 Å². The molecule has 2 heterocycles. The van der Waals surface area contributed by atoms with Crippen LogP contribution in [0.5, 0.6) is 0 Å². The summed E-state index contributed by atoms with van der Waals surface area (Å²) < 4.78 is 1.77. The summed E-state index contributed by atoms with van der Waals surface area (Å²) in [6.45, 7) is 10.3. The maximum Gasteiger partial charge on any atom is 0.290 e. The monoisotopic (exact) mass is 348 g/mol. The molecule has 5 heteroatoms. The highest BCUT2D eigenvalue weighted by molar-refractivity contribution is 6.01. The van der Waals surface area contributed by atoms with Gasteiger partial charge in [0.05, 0.1) is 11.4 Å². The van der Waals surface area contributed by atoms with Gasteiger partial charge in [-0.2, -0.15) is 5.10 Å². The summed E-state index contributed by atoms with van der Waals surface area (Å²) in [5.74, 6) is -0.271. The minimum Gasteiger partial charge on any atom is -0.295 e. The van der Waals surface area contributed by atoms with Gasteiger partial charge in [0, 0.05) is 6.20 Å². The average molecular weight is 348 g/mol. The third-order valence-electron chi connectivity index (χ3n) is 4.41. The summed E-state index contributed by atoms with van der Waals surface area (Å²) >= 11 is 0. The fourth-order valence-electron chi connectivity index (χ4n) is 2.85. The van der Waals surface area contributed by atoms with E-state index in [-0.39, 0.29) is 11.3 Å². The van der Waals surface area contributed by atoms with Crippen molar-refractivity contribution >= 4 is 17.3 Å². The van der Waals surface area contributed by atoms with Crippen molar-refractivity contribution < 1.29 is 4.79 Å². The number of amides is 1. The molecule has 3 rings (SSSR count). The molecule has 0 aliphatic heterocycles. The zero-order valence-corrected chi connectivity index (χ0v) is 15.9. The van der Waals surface area contributed by atoms with E-state index in [1.54, 1.807) is 4.40 Å². The molecule has 0 aliphatic carbocycles. The van der Waals surface area contributed by atoms with E-state index in [0.717, 1.165) is 16.9 Å². The maximum absolute atomic E-state index is 12.6. The smallest absolute Gasteiger partial charge is 0.290 e. The fraction of sp³-hybridized carbons (Fsp3) is 0.286. The fourth-order valence-corrected chi connectivity index (χ4v) is 2.85. The molecule has 0 atom stereocenters. The Kier molecular flexibility index (Phi) is 4.64. The standard InChI is InChI=1S/C21H24N4O/c1-14(16-9-11-17(12-10-16)21(3,4)5)23-24-20(26)19-15(2)22-18-8-6-7-13-25(18)19/h6-13H,1-5H3,(H,24,26). The molecule has 0 aliphatic rings. The molecule has 1 N–H and O–H groups in total. The lowest BCUT2D eigenvalue weighted by Gasteiger charge is -2.19. The predicted octanol–water partition coefficient (Wildman–Crippen LogP) is 4.09. The van der Waals surface area contributed by atoms with Gasteiger partial charge in [-0.1, -0.05) is 51.1 Å². The maximum atomic E-state index is 12.6. The molecular formula is C21H24N4O. The van der Waals surface area contributed by atoms with Crippen molar-refractivity contribution in [3.8, 4) is 0 Å². The lowest BCUT2D eigenvalue weighted by atomic mass is 9.86. The van der Waals surface area contributed by atoms with E-state index in [1.807, 2.05) is 50.4 Å². The number of aromatic nitrogens is 2. The Morgan fingerprint density at radius 2 is 1.81 bits per heavy atom. The van der Waals surface area contributed by atoms with Crippen molar-refractivity contribution in [1.82, 2.24) is 14.8 Å². The van der Waals surface area contributed by atoms with Gasteiger partial charge in [-0.25, -0.2) is 10.4 Å². The normalized spacial score (nSPS) is 12.4. The number of hydrazone groups is 1. The van der Waals surface area contributed by atoms with E-state index < -0.39 is 0 Å². The van der Waals surface area contributed by atoms with Gasteiger partial charge >= 0.3 is 0 Å². The summed E-state index contributed by atoms with van der Waals surface area (Å²) in [4.78, 5) is 17.0. The van der Waals surface area contributed by atoms with Crippen LogP contribution in [0.15, 0.2) is 53.8 Å². The third kappa shape index (κ3) is 3.52. The molecule has 0 radical (unpaired) electrons. The molecular weight excluding hydrogens is 324 g/mol. The van der Waals surface area contributed by atoms with Crippen molar-refractivity contribution in [2.75, 3.05) is 0 Å². The Morgan fingerprint density at radius 1 is 1.12 bits per heavy atom. The molecule has 0 saturated heterocycles. The predicted molar refractivity (Wildman–Crippen MR) is 105 cm³/mol. The Balaban J connectivity index is 1.80. The second-order valence-corrected chi connectivity index (χ2v) is 7.44. The largest absolute Gasteiger partial charge is 0.295 e. The van der Waals surface area contributed by atoms with Crippen molar-refractivity contribution in [1.29, 1.82) is 0 Å². The molecule has 0 saturated carbocycles. The number of pyridine rings is 1. The van der Waals surface area contributed by atoms with E-state index in [0.29, 0.717) is 11.4 Å². The SMILES string of the molecule is CC(=NNC(=O)c1c(C)nc2ccccn12)c1ccc(C(C)(C)C)cc1.